The summed E-state index contributed by atoms with van der Waals surface area (Å²) in [5.74, 6) is 1.66. The first-order valence-corrected chi connectivity index (χ1v) is 9.25. The molecule has 3 nitrogen and oxygen atoms in total. The van der Waals surface area contributed by atoms with Crippen LogP contribution in [0.2, 0.25) is 0 Å². The molecule has 0 amide bonds. The van der Waals surface area contributed by atoms with Crippen molar-refractivity contribution in [2.24, 2.45) is 11.8 Å². The Morgan fingerprint density at radius 1 is 1.10 bits per heavy atom. The van der Waals surface area contributed by atoms with Crippen molar-refractivity contribution >= 4 is 0 Å². The molecule has 0 aromatic rings. The second-order valence-electron chi connectivity index (χ2n) is 7.21. The second kappa shape index (κ2) is 9.12. The zero-order valence-corrected chi connectivity index (χ0v) is 14.4. The van der Waals surface area contributed by atoms with Crippen LogP contribution in [0.25, 0.3) is 0 Å². The molecule has 1 saturated heterocycles. The van der Waals surface area contributed by atoms with Crippen LogP contribution in [0.5, 0.6) is 0 Å². The molecule has 0 aromatic heterocycles. The van der Waals surface area contributed by atoms with Gasteiger partial charge in [-0.15, -0.1) is 0 Å². The Morgan fingerprint density at radius 2 is 1.86 bits per heavy atom. The van der Waals surface area contributed by atoms with Gasteiger partial charge >= 0.3 is 0 Å². The van der Waals surface area contributed by atoms with E-state index in [-0.39, 0.29) is 0 Å². The van der Waals surface area contributed by atoms with Crippen LogP contribution in [0.15, 0.2) is 0 Å². The van der Waals surface area contributed by atoms with E-state index in [1.54, 1.807) is 0 Å². The summed E-state index contributed by atoms with van der Waals surface area (Å²) in [7, 11) is 2.34. The Labute approximate surface area is 131 Å². The summed E-state index contributed by atoms with van der Waals surface area (Å²) in [6.07, 6.45) is 9.44. The number of nitrogens with one attached hydrogen (secondary N) is 1. The average Bonchev–Trinajstić information content (AvgIpc) is 2.54. The van der Waals surface area contributed by atoms with Gasteiger partial charge in [0.05, 0.1) is 6.61 Å². The topological polar surface area (TPSA) is 24.5 Å². The third kappa shape index (κ3) is 5.22. The standard InChI is InChI=1S/C18H36N2O/c1-4-11-19-18-10-12-21-14-16(18)13-20(3)17-8-6-15(5-2)7-9-17/h15-19H,4-14H2,1-3H3. The lowest BCUT2D eigenvalue weighted by Crippen LogP contribution is -2.49. The van der Waals surface area contributed by atoms with Gasteiger partial charge in [-0.2, -0.15) is 0 Å². The van der Waals surface area contributed by atoms with Crippen molar-refractivity contribution in [2.75, 3.05) is 33.4 Å². The summed E-state index contributed by atoms with van der Waals surface area (Å²) < 4.78 is 5.75. The highest BCUT2D eigenvalue weighted by Crippen LogP contribution is 2.29. The zero-order chi connectivity index (χ0) is 15.1. The second-order valence-corrected chi connectivity index (χ2v) is 7.21. The minimum atomic E-state index is 0.660. The van der Waals surface area contributed by atoms with Gasteiger partial charge in [-0.25, -0.2) is 0 Å². The number of ether oxygens (including phenoxy) is 1. The number of nitrogens with zero attached hydrogens (tertiary/aromatic N) is 1. The van der Waals surface area contributed by atoms with E-state index in [2.05, 4.69) is 31.1 Å². The lowest BCUT2D eigenvalue weighted by atomic mass is 9.83. The molecule has 1 N–H and O–H groups in total. The van der Waals surface area contributed by atoms with Crippen LogP contribution in [0.4, 0.5) is 0 Å². The van der Waals surface area contributed by atoms with E-state index in [0.29, 0.717) is 12.0 Å². The third-order valence-electron chi connectivity index (χ3n) is 5.67. The molecule has 1 saturated carbocycles. The quantitative estimate of drug-likeness (QED) is 0.780. The van der Waals surface area contributed by atoms with Crippen molar-refractivity contribution < 1.29 is 4.74 Å². The van der Waals surface area contributed by atoms with E-state index in [1.807, 2.05) is 0 Å². The van der Waals surface area contributed by atoms with Crippen molar-refractivity contribution in [1.82, 2.24) is 10.2 Å². The maximum atomic E-state index is 5.75. The molecule has 3 heteroatoms. The van der Waals surface area contributed by atoms with E-state index in [1.165, 1.54) is 51.5 Å². The van der Waals surface area contributed by atoms with Gasteiger partial charge < -0.3 is 15.0 Å². The smallest absolute Gasteiger partial charge is 0.0521 e. The zero-order valence-electron chi connectivity index (χ0n) is 14.4. The predicted molar refractivity (Wildman–Crippen MR) is 89.7 cm³/mol. The van der Waals surface area contributed by atoms with Crippen molar-refractivity contribution in [3.63, 3.8) is 0 Å². The van der Waals surface area contributed by atoms with Crippen LogP contribution >= 0.6 is 0 Å². The van der Waals surface area contributed by atoms with Crippen molar-refractivity contribution in [3.05, 3.63) is 0 Å². The molecule has 1 aliphatic heterocycles. The summed E-state index contributed by atoms with van der Waals surface area (Å²) in [5.41, 5.74) is 0. The third-order valence-corrected chi connectivity index (χ3v) is 5.67. The Kier molecular flexibility index (Phi) is 7.48. The van der Waals surface area contributed by atoms with Crippen LogP contribution in [0, 0.1) is 11.8 Å². The Balaban J connectivity index is 1.78. The first-order valence-electron chi connectivity index (χ1n) is 9.25. The van der Waals surface area contributed by atoms with Gasteiger partial charge in [-0.05, 0) is 58.0 Å². The van der Waals surface area contributed by atoms with Gasteiger partial charge in [-0.3, -0.25) is 0 Å². The van der Waals surface area contributed by atoms with Crippen LogP contribution in [0.3, 0.4) is 0 Å². The molecule has 2 aliphatic rings. The normalized spacial score (nSPS) is 34.3. The van der Waals surface area contributed by atoms with Crippen molar-refractivity contribution in [1.29, 1.82) is 0 Å². The monoisotopic (exact) mass is 296 g/mol. The molecule has 0 aromatic carbocycles. The molecule has 21 heavy (non-hydrogen) atoms. The molecule has 2 fully saturated rings. The summed E-state index contributed by atoms with van der Waals surface area (Å²) in [5, 5.41) is 3.74. The molecule has 1 aliphatic carbocycles. The van der Waals surface area contributed by atoms with Crippen molar-refractivity contribution in [2.45, 2.75) is 70.9 Å². The number of hydrogen-bond acceptors (Lipinski definition) is 3. The van der Waals surface area contributed by atoms with Crippen LogP contribution < -0.4 is 5.32 Å². The van der Waals surface area contributed by atoms with Gasteiger partial charge in [0, 0.05) is 31.2 Å². The fraction of sp³-hybridized carbons (Fsp3) is 1.00. The van der Waals surface area contributed by atoms with Gasteiger partial charge in [0.25, 0.3) is 0 Å². The average molecular weight is 296 g/mol. The molecule has 2 rings (SSSR count). The Morgan fingerprint density at radius 3 is 2.52 bits per heavy atom. The largest absolute Gasteiger partial charge is 0.381 e. The van der Waals surface area contributed by atoms with E-state index in [4.69, 9.17) is 4.74 Å². The van der Waals surface area contributed by atoms with E-state index in [9.17, 15) is 0 Å². The minimum absolute atomic E-state index is 0.660. The molecule has 2 unspecified atom stereocenters. The fourth-order valence-electron chi connectivity index (χ4n) is 4.09. The summed E-state index contributed by atoms with van der Waals surface area (Å²) >= 11 is 0. The highest BCUT2D eigenvalue weighted by Gasteiger charge is 2.29. The van der Waals surface area contributed by atoms with E-state index in [0.717, 1.165) is 31.7 Å². The number of hydrogen-bond donors (Lipinski definition) is 1. The predicted octanol–water partition coefficient (Wildman–Crippen LogP) is 3.29. The molecular weight excluding hydrogens is 260 g/mol. The van der Waals surface area contributed by atoms with E-state index < -0.39 is 0 Å². The molecule has 0 bridgehead atoms. The Bertz CT molecular complexity index is 276. The fourth-order valence-corrected chi connectivity index (χ4v) is 4.09. The van der Waals surface area contributed by atoms with Gasteiger partial charge in [0.15, 0.2) is 0 Å². The Hall–Kier alpha value is -0.120. The van der Waals surface area contributed by atoms with Crippen LogP contribution in [0.1, 0.15) is 58.8 Å². The highest BCUT2D eigenvalue weighted by atomic mass is 16.5. The summed E-state index contributed by atoms with van der Waals surface area (Å²) in [6, 6.07) is 1.47. The SMILES string of the molecule is CCCNC1CCOCC1CN(C)C1CCC(CC)CC1. The summed E-state index contributed by atoms with van der Waals surface area (Å²) in [4.78, 5) is 2.63. The van der Waals surface area contributed by atoms with Gasteiger partial charge in [-0.1, -0.05) is 20.3 Å². The highest BCUT2D eigenvalue weighted by molar-refractivity contribution is 4.85. The minimum Gasteiger partial charge on any atom is -0.381 e. The summed E-state index contributed by atoms with van der Waals surface area (Å²) in [6.45, 7) is 8.81. The molecule has 2 atom stereocenters. The van der Waals surface area contributed by atoms with Gasteiger partial charge in [0.2, 0.25) is 0 Å². The molecule has 1 heterocycles. The first-order chi connectivity index (χ1) is 10.2. The number of rotatable bonds is 7. The van der Waals surface area contributed by atoms with Crippen LogP contribution in [-0.2, 0) is 4.74 Å². The van der Waals surface area contributed by atoms with E-state index >= 15 is 0 Å². The van der Waals surface area contributed by atoms with Crippen LogP contribution in [-0.4, -0.2) is 50.3 Å². The molecular formula is C18H36N2O. The molecule has 124 valence electrons. The lowest BCUT2D eigenvalue weighted by molar-refractivity contribution is 0.0109. The lowest BCUT2D eigenvalue weighted by Gasteiger charge is -2.39. The molecule has 0 radical (unpaired) electrons. The van der Waals surface area contributed by atoms with Gasteiger partial charge in [0.1, 0.15) is 0 Å². The maximum absolute atomic E-state index is 5.75. The maximum Gasteiger partial charge on any atom is 0.0521 e. The molecule has 0 spiro atoms. The van der Waals surface area contributed by atoms with Crippen molar-refractivity contribution in [3.8, 4) is 0 Å². The first kappa shape index (κ1) is 17.2.